The third kappa shape index (κ3) is 3.01. The maximum absolute atomic E-state index is 12.8. The SMILES string of the molecule is CC(=O)O[C@@H](CC(O)O)C(=O)OC1=CC[C@@]2(O)[C@H]3Cc4ccc(O)c5c4[C@@]2(CCN3C)[C@H]1O5. The second-order valence-electron chi connectivity index (χ2n) is 9.34. The molecular formula is C23H27NO9. The number of hydrogen-bond acceptors (Lipinski definition) is 10. The van der Waals surface area contributed by atoms with Crippen molar-refractivity contribution in [2.24, 2.45) is 0 Å². The lowest BCUT2D eigenvalue weighted by molar-refractivity contribution is -0.179. The van der Waals surface area contributed by atoms with Crippen LogP contribution in [0.25, 0.3) is 0 Å². The number of nitrogens with zero attached hydrogens (tertiary/aromatic N) is 1. The fourth-order valence-electron chi connectivity index (χ4n) is 6.20. The van der Waals surface area contributed by atoms with E-state index in [1.807, 2.05) is 13.1 Å². The van der Waals surface area contributed by atoms with Crippen LogP contribution in [0.15, 0.2) is 24.0 Å². The number of piperidine rings is 1. The van der Waals surface area contributed by atoms with Crippen LogP contribution in [0.1, 0.15) is 37.3 Å². The molecule has 1 spiro atoms. The number of rotatable bonds is 5. The average molecular weight is 461 g/mol. The van der Waals surface area contributed by atoms with E-state index in [0.717, 1.165) is 18.1 Å². The molecule has 2 bridgehead atoms. The van der Waals surface area contributed by atoms with Crippen molar-refractivity contribution in [3.05, 3.63) is 35.1 Å². The predicted octanol–water partition coefficient (Wildman–Crippen LogP) is -0.154. The molecular weight excluding hydrogens is 434 g/mol. The molecule has 1 fully saturated rings. The molecule has 5 rings (SSSR count). The summed E-state index contributed by atoms with van der Waals surface area (Å²) in [7, 11) is 1.97. The van der Waals surface area contributed by atoms with E-state index in [1.54, 1.807) is 12.1 Å². The fraction of sp³-hybridized carbons (Fsp3) is 0.565. The summed E-state index contributed by atoms with van der Waals surface area (Å²) in [6, 6.07) is 3.22. The number of aromatic hydroxyl groups is 1. The summed E-state index contributed by atoms with van der Waals surface area (Å²) < 4.78 is 16.7. The van der Waals surface area contributed by atoms with Gasteiger partial charge in [0.25, 0.3) is 0 Å². The zero-order valence-corrected chi connectivity index (χ0v) is 18.4. The van der Waals surface area contributed by atoms with Gasteiger partial charge in [0.2, 0.25) is 6.10 Å². The maximum Gasteiger partial charge on any atom is 0.352 e. The van der Waals surface area contributed by atoms with Gasteiger partial charge in [-0.3, -0.25) is 4.79 Å². The molecule has 10 heteroatoms. The quantitative estimate of drug-likeness (QED) is 0.345. The Morgan fingerprint density at radius 3 is 2.79 bits per heavy atom. The number of carbonyl (C=O) groups excluding carboxylic acids is 2. The monoisotopic (exact) mass is 461 g/mol. The lowest BCUT2D eigenvalue weighted by Gasteiger charge is -2.61. The van der Waals surface area contributed by atoms with Crippen molar-refractivity contribution in [3.63, 3.8) is 0 Å². The number of benzene rings is 1. The lowest BCUT2D eigenvalue weighted by Crippen LogP contribution is -2.74. The van der Waals surface area contributed by atoms with Crippen molar-refractivity contribution in [1.82, 2.24) is 4.90 Å². The third-order valence-electron chi connectivity index (χ3n) is 7.57. The van der Waals surface area contributed by atoms with Crippen LogP contribution in [0.4, 0.5) is 0 Å². The minimum absolute atomic E-state index is 0.0517. The average Bonchev–Trinajstić information content (AvgIpc) is 3.09. The number of aliphatic hydroxyl groups is 3. The van der Waals surface area contributed by atoms with Crippen molar-refractivity contribution in [2.75, 3.05) is 13.6 Å². The minimum atomic E-state index is -1.88. The Labute approximate surface area is 190 Å². The number of phenolic OH excluding ortho intramolecular Hbond substituents is 1. The fourth-order valence-corrected chi connectivity index (χ4v) is 6.20. The Morgan fingerprint density at radius 2 is 2.09 bits per heavy atom. The van der Waals surface area contributed by atoms with Crippen LogP contribution in [0, 0.1) is 0 Å². The van der Waals surface area contributed by atoms with Crippen LogP contribution in [-0.2, 0) is 30.9 Å². The van der Waals surface area contributed by atoms with Gasteiger partial charge in [0.05, 0.1) is 11.0 Å². The van der Waals surface area contributed by atoms with Crippen LogP contribution in [-0.4, -0.2) is 81.0 Å². The summed E-state index contributed by atoms with van der Waals surface area (Å²) in [5.41, 5.74) is -0.407. The molecule has 33 heavy (non-hydrogen) atoms. The summed E-state index contributed by atoms with van der Waals surface area (Å²) in [5.74, 6) is -1.38. The first kappa shape index (κ1) is 22.1. The van der Waals surface area contributed by atoms with Gasteiger partial charge in [0, 0.05) is 31.4 Å². The van der Waals surface area contributed by atoms with Crippen LogP contribution in [0.2, 0.25) is 0 Å². The second kappa shape index (κ2) is 7.42. The van der Waals surface area contributed by atoms with Gasteiger partial charge in [-0.05, 0) is 44.1 Å². The molecule has 1 saturated heterocycles. The van der Waals surface area contributed by atoms with E-state index in [1.165, 1.54) is 0 Å². The molecule has 0 amide bonds. The molecule has 1 aromatic carbocycles. The zero-order chi connectivity index (χ0) is 23.7. The number of aliphatic hydroxyl groups excluding tert-OH is 1. The van der Waals surface area contributed by atoms with E-state index in [-0.39, 0.29) is 29.7 Å². The van der Waals surface area contributed by atoms with E-state index in [9.17, 15) is 30.0 Å². The zero-order valence-electron chi connectivity index (χ0n) is 18.4. The van der Waals surface area contributed by atoms with E-state index < -0.39 is 47.9 Å². The summed E-state index contributed by atoms with van der Waals surface area (Å²) in [4.78, 5) is 26.4. The first-order valence-electron chi connectivity index (χ1n) is 11.0. The summed E-state index contributed by atoms with van der Waals surface area (Å²) in [6.45, 7) is 1.78. The highest BCUT2D eigenvalue weighted by Crippen LogP contribution is 2.65. The standard InChI is InChI=1S/C23H27NO9/c1-11(25)31-15(10-17(27)28)21(29)32-14-5-6-23(30)16-9-12-3-4-13(26)19-18(12)22(23,20(14)33-19)7-8-24(16)2/h3-5,15-17,20,26-28,30H,6-10H2,1-2H3/t15-,16+,20-,22-,23+/m0/s1. The number of carbonyl (C=O) groups is 2. The summed E-state index contributed by atoms with van der Waals surface area (Å²) >= 11 is 0. The number of hydrogen-bond donors (Lipinski definition) is 4. The highest BCUT2D eigenvalue weighted by molar-refractivity contribution is 5.79. The first-order valence-corrected chi connectivity index (χ1v) is 11.0. The molecule has 5 atom stereocenters. The maximum atomic E-state index is 12.8. The Bertz CT molecular complexity index is 1050. The van der Waals surface area contributed by atoms with Crippen LogP contribution in [0.5, 0.6) is 11.5 Å². The molecule has 4 N–H and O–H groups in total. The molecule has 2 aliphatic heterocycles. The van der Waals surface area contributed by atoms with Crippen molar-refractivity contribution >= 4 is 11.9 Å². The Balaban J connectivity index is 1.55. The molecule has 10 nitrogen and oxygen atoms in total. The number of ether oxygens (including phenoxy) is 3. The van der Waals surface area contributed by atoms with Gasteiger partial charge in [0.1, 0.15) is 5.76 Å². The summed E-state index contributed by atoms with van der Waals surface area (Å²) in [6.07, 6.45) is -1.93. The number of likely N-dealkylation sites (tertiary alicyclic amines) is 1. The van der Waals surface area contributed by atoms with Gasteiger partial charge >= 0.3 is 11.9 Å². The first-order chi connectivity index (χ1) is 15.6. The number of phenols is 1. The molecule has 0 aromatic heterocycles. The Hall–Kier alpha value is -2.66. The predicted molar refractivity (Wildman–Crippen MR) is 111 cm³/mol. The van der Waals surface area contributed by atoms with Crippen molar-refractivity contribution in [3.8, 4) is 11.5 Å². The molecule has 1 aromatic rings. The normalized spacial score (nSPS) is 32.5. The van der Waals surface area contributed by atoms with Gasteiger partial charge < -0.3 is 39.5 Å². The van der Waals surface area contributed by atoms with Crippen molar-refractivity contribution in [1.29, 1.82) is 0 Å². The lowest BCUT2D eigenvalue weighted by atomic mass is 9.50. The topological polar surface area (TPSA) is 146 Å². The van der Waals surface area contributed by atoms with Crippen LogP contribution < -0.4 is 4.74 Å². The van der Waals surface area contributed by atoms with Crippen LogP contribution >= 0.6 is 0 Å². The summed E-state index contributed by atoms with van der Waals surface area (Å²) in [5, 5.41) is 41.2. The molecule has 0 saturated carbocycles. The number of esters is 2. The van der Waals surface area contributed by atoms with Crippen molar-refractivity contribution < 1.29 is 44.2 Å². The highest BCUT2D eigenvalue weighted by Gasteiger charge is 2.72. The molecule has 0 unspecified atom stereocenters. The molecule has 4 aliphatic rings. The van der Waals surface area contributed by atoms with Crippen molar-refractivity contribution in [2.45, 2.75) is 68.2 Å². The van der Waals surface area contributed by atoms with Gasteiger partial charge in [-0.1, -0.05) is 6.07 Å². The smallest absolute Gasteiger partial charge is 0.352 e. The molecule has 0 radical (unpaired) electrons. The molecule has 2 aliphatic carbocycles. The van der Waals surface area contributed by atoms with E-state index in [2.05, 4.69) is 4.90 Å². The highest BCUT2D eigenvalue weighted by atomic mass is 16.6. The van der Waals surface area contributed by atoms with Gasteiger partial charge in [-0.2, -0.15) is 0 Å². The van der Waals surface area contributed by atoms with E-state index >= 15 is 0 Å². The largest absolute Gasteiger partial charge is 0.504 e. The molecule has 178 valence electrons. The van der Waals surface area contributed by atoms with Gasteiger partial charge in [0.15, 0.2) is 23.9 Å². The third-order valence-corrected chi connectivity index (χ3v) is 7.57. The van der Waals surface area contributed by atoms with E-state index in [4.69, 9.17) is 14.2 Å². The molecule has 2 heterocycles. The number of likely N-dealkylation sites (N-methyl/N-ethyl adjacent to an activating group) is 1. The van der Waals surface area contributed by atoms with Crippen LogP contribution in [0.3, 0.4) is 0 Å². The Morgan fingerprint density at radius 1 is 1.33 bits per heavy atom. The minimum Gasteiger partial charge on any atom is -0.504 e. The Kier molecular flexibility index (Phi) is 4.98. The van der Waals surface area contributed by atoms with Gasteiger partial charge in [-0.25, -0.2) is 4.79 Å². The van der Waals surface area contributed by atoms with Gasteiger partial charge in [-0.15, -0.1) is 0 Å². The second-order valence-corrected chi connectivity index (χ2v) is 9.34. The van der Waals surface area contributed by atoms with E-state index in [0.29, 0.717) is 19.4 Å².